The zero-order chi connectivity index (χ0) is 16.8. The molecule has 2 aromatic rings. The van der Waals surface area contributed by atoms with Gasteiger partial charge in [-0.3, -0.25) is 4.79 Å². The van der Waals surface area contributed by atoms with E-state index < -0.39 is 0 Å². The van der Waals surface area contributed by atoms with Gasteiger partial charge in [0.25, 0.3) is 5.91 Å². The molecule has 1 aromatic carbocycles. The number of carbonyl (C=O) groups excluding carboxylic acids is 1. The monoisotopic (exact) mass is 313 g/mol. The van der Waals surface area contributed by atoms with E-state index in [0.717, 1.165) is 11.3 Å². The van der Waals surface area contributed by atoms with Crippen molar-refractivity contribution < 1.29 is 14.1 Å². The highest BCUT2D eigenvalue weighted by atomic mass is 16.5. The summed E-state index contributed by atoms with van der Waals surface area (Å²) in [5.74, 6) is 0.678. The topological polar surface area (TPSA) is 88.2 Å². The van der Waals surface area contributed by atoms with Crippen LogP contribution in [0.4, 0.5) is 0 Å². The summed E-state index contributed by atoms with van der Waals surface area (Å²) in [6.45, 7) is 5.99. The molecule has 6 nitrogen and oxygen atoms in total. The quantitative estimate of drug-likeness (QED) is 0.886. The van der Waals surface area contributed by atoms with Crippen LogP contribution >= 0.6 is 0 Å². The van der Waals surface area contributed by atoms with Gasteiger partial charge in [-0.2, -0.15) is 5.26 Å². The maximum absolute atomic E-state index is 12.2. The summed E-state index contributed by atoms with van der Waals surface area (Å²) in [5, 5.41) is 15.4. The Hall–Kier alpha value is -2.81. The number of amides is 1. The number of hydrogen-bond acceptors (Lipinski definition) is 5. The van der Waals surface area contributed by atoms with Crippen molar-refractivity contribution in [1.29, 1.82) is 5.26 Å². The van der Waals surface area contributed by atoms with Crippen molar-refractivity contribution in [2.75, 3.05) is 6.54 Å². The summed E-state index contributed by atoms with van der Waals surface area (Å²) in [6, 6.07) is 9.08. The normalized spacial score (nSPS) is 11.6. The number of para-hydroxylation sites is 1. The Morgan fingerprint density at radius 2 is 2.17 bits per heavy atom. The van der Waals surface area contributed by atoms with Gasteiger partial charge in [0.15, 0.2) is 0 Å². The van der Waals surface area contributed by atoms with Crippen LogP contribution in [-0.2, 0) is 6.61 Å². The molecule has 0 spiro atoms. The summed E-state index contributed by atoms with van der Waals surface area (Å²) in [7, 11) is 0. The first kappa shape index (κ1) is 16.6. The molecule has 23 heavy (non-hydrogen) atoms. The van der Waals surface area contributed by atoms with Crippen LogP contribution in [0, 0.1) is 31.1 Å². The van der Waals surface area contributed by atoms with E-state index in [1.165, 1.54) is 0 Å². The molecule has 120 valence electrons. The van der Waals surface area contributed by atoms with Crippen molar-refractivity contribution in [3.63, 3.8) is 0 Å². The molecule has 0 saturated carbocycles. The van der Waals surface area contributed by atoms with Crippen molar-refractivity contribution in [1.82, 2.24) is 10.5 Å². The number of carbonyl (C=O) groups is 1. The highest BCUT2D eigenvalue weighted by Gasteiger charge is 2.15. The lowest BCUT2D eigenvalue weighted by Crippen LogP contribution is -2.28. The molecule has 0 bridgehead atoms. The van der Waals surface area contributed by atoms with E-state index in [4.69, 9.17) is 14.5 Å². The van der Waals surface area contributed by atoms with Crippen molar-refractivity contribution >= 4 is 5.91 Å². The molecule has 0 aliphatic heterocycles. The van der Waals surface area contributed by atoms with Gasteiger partial charge < -0.3 is 14.6 Å². The highest BCUT2D eigenvalue weighted by Crippen LogP contribution is 2.21. The second-order valence-corrected chi connectivity index (χ2v) is 5.33. The van der Waals surface area contributed by atoms with Crippen LogP contribution < -0.4 is 10.1 Å². The smallest absolute Gasteiger partial charge is 0.255 e. The molecule has 0 fully saturated rings. The molecule has 1 amide bonds. The molecule has 0 radical (unpaired) electrons. The van der Waals surface area contributed by atoms with E-state index in [9.17, 15) is 4.79 Å². The molecule has 2 rings (SSSR count). The number of aromatic nitrogens is 1. The average Bonchev–Trinajstić information content (AvgIpc) is 2.89. The number of aryl methyl sites for hydroxylation is 2. The Morgan fingerprint density at radius 1 is 1.43 bits per heavy atom. The molecule has 1 atom stereocenters. The third-order valence-corrected chi connectivity index (χ3v) is 3.47. The number of ether oxygens (including phenoxy) is 1. The van der Waals surface area contributed by atoms with Gasteiger partial charge >= 0.3 is 0 Å². The minimum absolute atomic E-state index is 0.241. The van der Waals surface area contributed by atoms with Gasteiger partial charge in [-0.1, -0.05) is 17.3 Å². The van der Waals surface area contributed by atoms with Crippen LogP contribution in [0.15, 0.2) is 28.8 Å². The molecule has 0 saturated heterocycles. The third-order valence-electron chi connectivity index (χ3n) is 3.47. The molecular formula is C17H19N3O3. The van der Waals surface area contributed by atoms with Crippen LogP contribution in [0.5, 0.6) is 5.75 Å². The Morgan fingerprint density at radius 3 is 2.83 bits per heavy atom. The lowest BCUT2D eigenvalue weighted by Gasteiger charge is -2.12. The van der Waals surface area contributed by atoms with E-state index >= 15 is 0 Å². The van der Waals surface area contributed by atoms with Gasteiger partial charge in [0.1, 0.15) is 18.1 Å². The van der Waals surface area contributed by atoms with Crippen LogP contribution in [0.1, 0.15) is 34.3 Å². The van der Waals surface area contributed by atoms with E-state index in [1.54, 1.807) is 31.2 Å². The Bertz CT molecular complexity index is 711. The first-order valence-corrected chi connectivity index (χ1v) is 7.34. The third kappa shape index (κ3) is 4.10. The summed E-state index contributed by atoms with van der Waals surface area (Å²) in [4.78, 5) is 12.2. The minimum Gasteiger partial charge on any atom is -0.488 e. The fourth-order valence-corrected chi connectivity index (χ4v) is 2.02. The first-order valence-electron chi connectivity index (χ1n) is 7.34. The van der Waals surface area contributed by atoms with Crippen molar-refractivity contribution in [3.05, 3.63) is 46.8 Å². The van der Waals surface area contributed by atoms with Crippen molar-refractivity contribution in [2.45, 2.75) is 27.4 Å². The Labute approximate surface area is 135 Å². The van der Waals surface area contributed by atoms with Crippen molar-refractivity contribution in [2.24, 2.45) is 5.92 Å². The Kier molecular flexibility index (Phi) is 5.36. The zero-order valence-electron chi connectivity index (χ0n) is 13.4. The van der Waals surface area contributed by atoms with Gasteiger partial charge in [0.2, 0.25) is 0 Å². The fourth-order valence-electron chi connectivity index (χ4n) is 2.02. The fraction of sp³-hybridized carbons (Fsp3) is 0.353. The Balaban J connectivity index is 2.08. The predicted octanol–water partition coefficient (Wildman–Crippen LogP) is 2.76. The van der Waals surface area contributed by atoms with E-state index in [2.05, 4.69) is 16.5 Å². The van der Waals surface area contributed by atoms with E-state index in [0.29, 0.717) is 23.6 Å². The van der Waals surface area contributed by atoms with E-state index in [-0.39, 0.29) is 18.4 Å². The molecule has 1 aromatic heterocycles. The summed E-state index contributed by atoms with van der Waals surface area (Å²) >= 11 is 0. The average molecular weight is 313 g/mol. The van der Waals surface area contributed by atoms with Gasteiger partial charge in [-0.25, -0.2) is 0 Å². The van der Waals surface area contributed by atoms with Crippen molar-refractivity contribution in [3.8, 4) is 11.8 Å². The van der Waals surface area contributed by atoms with Crippen LogP contribution in [0.2, 0.25) is 0 Å². The van der Waals surface area contributed by atoms with E-state index in [1.807, 2.05) is 13.8 Å². The van der Waals surface area contributed by atoms with Crippen LogP contribution in [-0.4, -0.2) is 17.6 Å². The molecule has 1 unspecified atom stereocenters. The predicted molar refractivity (Wildman–Crippen MR) is 83.9 cm³/mol. The number of nitrogens with one attached hydrogen (secondary N) is 1. The number of hydrogen-bond donors (Lipinski definition) is 1. The zero-order valence-corrected chi connectivity index (χ0v) is 13.4. The maximum Gasteiger partial charge on any atom is 0.255 e. The number of benzene rings is 1. The summed E-state index contributed by atoms with van der Waals surface area (Å²) in [5.41, 5.74) is 2.08. The van der Waals surface area contributed by atoms with Gasteiger partial charge in [0, 0.05) is 6.54 Å². The molecule has 1 heterocycles. The number of nitrogens with zero attached hydrogens (tertiary/aromatic N) is 2. The number of nitriles is 1. The molecule has 0 aliphatic carbocycles. The van der Waals surface area contributed by atoms with Gasteiger partial charge in [0.05, 0.1) is 28.8 Å². The second kappa shape index (κ2) is 7.45. The SMILES string of the molecule is Cc1noc(C)c1COc1ccccc1C(=O)NCC(C)C#N. The highest BCUT2D eigenvalue weighted by molar-refractivity contribution is 5.96. The molecular weight excluding hydrogens is 294 g/mol. The summed E-state index contributed by atoms with van der Waals surface area (Å²) in [6.07, 6.45) is 0. The lowest BCUT2D eigenvalue weighted by atomic mass is 10.1. The van der Waals surface area contributed by atoms with Gasteiger partial charge in [-0.05, 0) is 32.9 Å². The minimum atomic E-state index is -0.263. The second-order valence-electron chi connectivity index (χ2n) is 5.33. The summed E-state index contributed by atoms with van der Waals surface area (Å²) < 4.78 is 10.9. The van der Waals surface area contributed by atoms with Crippen LogP contribution in [0.3, 0.4) is 0 Å². The van der Waals surface area contributed by atoms with Crippen LogP contribution in [0.25, 0.3) is 0 Å². The molecule has 0 aliphatic rings. The molecule has 6 heteroatoms. The lowest BCUT2D eigenvalue weighted by molar-refractivity contribution is 0.0946. The van der Waals surface area contributed by atoms with Gasteiger partial charge in [-0.15, -0.1) is 0 Å². The standard InChI is InChI=1S/C17H19N3O3/c1-11(8-18)9-19-17(21)14-6-4-5-7-16(14)22-10-15-12(2)20-23-13(15)3/h4-7,11H,9-10H2,1-3H3,(H,19,21). The first-order chi connectivity index (χ1) is 11.0. The molecule has 1 N–H and O–H groups in total. The number of rotatable bonds is 6. The maximum atomic E-state index is 12.2. The largest absolute Gasteiger partial charge is 0.488 e.